The van der Waals surface area contributed by atoms with Gasteiger partial charge in [0, 0.05) is 16.7 Å². The van der Waals surface area contributed by atoms with E-state index >= 15 is 0 Å². The molecule has 0 saturated carbocycles. The van der Waals surface area contributed by atoms with Crippen molar-refractivity contribution in [3.8, 4) is 11.3 Å². The number of hydrogen-bond donors (Lipinski definition) is 0. The van der Waals surface area contributed by atoms with Gasteiger partial charge in [-0.3, -0.25) is 4.98 Å². The van der Waals surface area contributed by atoms with E-state index in [2.05, 4.69) is 62.7 Å². The lowest BCUT2D eigenvalue weighted by Gasteiger charge is -2.44. The van der Waals surface area contributed by atoms with Crippen LogP contribution in [0.1, 0.15) is 26.3 Å². The first-order valence-electron chi connectivity index (χ1n) is 7.76. The second kappa shape index (κ2) is 6.05. The van der Waals surface area contributed by atoms with Crippen molar-refractivity contribution in [3.05, 3.63) is 48.2 Å². The molecule has 1 aromatic heterocycles. The fraction of sp³-hybridized carbons (Fsp3) is 0.421. The molecular formula is C19H25B2NS. The Bertz CT molecular complexity index is 683. The molecule has 0 unspecified atom stereocenters. The van der Waals surface area contributed by atoms with Crippen LogP contribution in [0.15, 0.2) is 47.5 Å². The van der Waals surface area contributed by atoms with Gasteiger partial charge in [-0.2, -0.15) is 0 Å². The van der Waals surface area contributed by atoms with Crippen LogP contribution in [-0.4, -0.2) is 39.4 Å². The van der Waals surface area contributed by atoms with Gasteiger partial charge in [-0.25, -0.2) is 10.0 Å². The summed E-state index contributed by atoms with van der Waals surface area (Å²) in [4.78, 5) is 5.86. The van der Waals surface area contributed by atoms with Gasteiger partial charge in [-0.1, -0.05) is 56.3 Å². The average molecular weight is 321 g/mol. The maximum absolute atomic E-state index is 6.62. The number of nitrogens with zero attached hydrogens (tertiary/aromatic N) is 1. The highest BCUT2D eigenvalue weighted by atomic mass is 32.3. The Hall–Kier alpha value is -1.15. The SMILES string of the molecule is [B]C([B])(c1cc(-c2ccccc2)ncc1S(C)(C)C)C(C)(C)C. The minimum atomic E-state index is -0.998. The molecule has 4 heteroatoms. The van der Waals surface area contributed by atoms with Gasteiger partial charge in [-0.05, 0) is 35.8 Å². The van der Waals surface area contributed by atoms with Crippen molar-refractivity contribution in [1.29, 1.82) is 0 Å². The fourth-order valence-electron chi connectivity index (χ4n) is 2.42. The van der Waals surface area contributed by atoms with Crippen molar-refractivity contribution in [2.75, 3.05) is 18.8 Å². The smallest absolute Gasteiger partial charge is 0.0705 e. The maximum Gasteiger partial charge on any atom is 0.0705 e. The first-order valence-corrected chi connectivity index (χ1v) is 10.6. The van der Waals surface area contributed by atoms with E-state index in [4.69, 9.17) is 15.7 Å². The van der Waals surface area contributed by atoms with Crippen LogP contribution >= 0.6 is 10.0 Å². The van der Waals surface area contributed by atoms with Gasteiger partial charge >= 0.3 is 0 Å². The molecule has 118 valence electrons. The number of benzene rings is 1. The van der Waals surface area contributed by atoms with Crippen molar-refractivity contribution in [2.24, 2.45) is 5.41 Å². The molecule has 0 aliphatic carbocycles. The third-order valence-electron chi connectivity index (χ3n) is 4.28. The summed E-state index contributed by atoms with van der Waals surface area (Å²) in [7, 11) is 12.2. The molecule has 0 atom stereocenters. The summed E-state index contributed by atoms with van der Waals surface area (Å²) in [6.45, 7) is 6.24. The molecule has 23 heavy (non-hydrogen) atoms. The third-order valence-corrected chi connectivity index (χ3v) is 5.93. The lowest BCUT2D eigenvalue weighted by molar-refractivity contribution is 0.355. The van der Waals surface area contributed by atoms with E-state index in [1.807, 2.05) is 24.4 Å². The molecular weight excluding hydrogens is 296 g/mol. The zero-order valence-corrected chi connectivity index (χ0v) is 15.9. The Morgan fingerprint density at radius 2 is 1.52 bits per heavy atom. The highest BCUT2D eigenvalue weighted by molar-refractivity contribution is 8.32. The second-order valence-corrected chi connectivity index (χ2v) is 12.0. The van der Waals surface area contributed by atoms with Crippen LogP contribution in [0.5, 0.6) is 0 Å². The highest BCUT2D eigenvalue weighted by Crippen LogP contribution is 2.51. The topological polar surface area (TPSA) is 12.9 Å². The van der Waals surface area contributed by atoms with Gasteiger partial charge in [0.1, 0.15) is 0 Å². The van der Waals surface area contributed by atoms with Gasteiger partial charge in [0.25, 0.3) is 0 Å². The first kappa shape index (κ1) is 18.2. The van der Waals surface area contributed by atoms with E-state index in [9.17, 15) is 0 Å². The molecule has 1 nitrogen and oxygen atoms in total. The fourth-order valence-corrected chi connectivity index (χ4v) is 3.68. The largest absolute Gasteiger partial charge is 0.255 e. The lowest BCUT2D eigenvalue weighted by Crippen LogP contribution is -2.42. The Kier molecular flexibility index (Phi) is 4.79. The minimum Gasteiger partial charge on any atom is -0.255 e. The van der Waals surface area contributed by atoms with E-state index in [-0.39, 0.29) is 5.41 Å². The summed E-state index contributed by atoms with van der Waals surface area (Å²) in [5.74, 6) is 0. The maximum atomic E-state index is 6.62. The number of pyridine rings is 1. The molecule has 0 saturated heterocycles. The van der Waals surface area contributed by atoms with Crippen molar-refractivity contribution in [3.63, 3.8) is 0 Å². The summed E-state index contributed by atoms with van der Waals surface area (Å²) in [6.07, 6.45) is 8.70. The number of hydrogen-bond acceptors (Lipinski definition) is 1. The van der Waals surface area contributed by atoms with Crippen LogP contribution in [-0.2, 0) is 5.21 Å². The summed E-state index contributed by atoms with van der Waals surface area (Å²) < 4.78 is 0. The summed E-state index contributed by atoms with van der Waals surface area (Å²) in [5.41, 5.74) is 2.73. The average Bonchev–Trinajstić information content (AvgIpc) is 2.45. The zero-order valence-electron chi connectivity index (χ0n) is 15.1. The molecule has 0 aliphatic heterocycles. The van der Waals surface area contributed by atoms with E-state index in [1.165, 1.54) is 4.90 Å². The van der Waals surface area contributed by atoms with Crippen LogP contribution in [0.25, 0.3) is 11.3 Å². The van der Waals surface area contributed by atoms with Gasteiger partial charge in [-0.15, -0.1) is 0 Å². The van der Waals surface area contributed by atoms with Crippen LogP contribution in [0.3, 0.4) is 0 Å². The highest BCUT2D eigenvalue weighted by Gasteiger charge is 2.36. The van der Waals surface area contributed by atoms with Crippen molar-refractivity contribution in [1.82, 2.24) is 4.98 Å². The minimum absolute atomic E-state index is 0.262. The van der Waals surface area contributed by atoms with Crippen LogP contribution in [0, 0.1) is 5.41 Å². The normalized spacial score (nSPS) is 13.8. The van der Waals surface area contributed by atoms with Gasteiger partial charge < -0.3 is 0 Å². The van der Waals surface area contributed by atoms with Crippen LogP contribution < -0.4 is 0 Å². The second-order valence-electron chi connectivity index (χ2n) is 7.89. The molecule has 2 rings (SSSR count). The number of aromatic nitrogens is 1. The molecule has 0 N–H and O–H groups in total. The van der Waals surface area contributed by atoms with E-state index in [1.54, 1.807) is 0 Å². The Morgan fingerprint density at radius 1 is 0.957 bits per heavy atom. The Balaban J connectivity index is 2.70. The van der Waals surface area contributed by atoms with E-state index < -0.39 is 15.2 Å². The molecule has 0 spiro atoms. The van der Waals surface area contributed by atoms with Gasteiger partial charge in [0.05, 0.1) is 21.4 Å². The number of rotatable bonds is 3. The third kappa shape index (κ3) is 3.68. The van der Waals surface area contributed by atoms with E-state index in [0.717, 1.165) is 16.8 Å². The van der Waals surface area contributed by atoms with E-state index in [0.29, 0.717) is 0 Å². The molecule has 2 aromatic rings. The quantitative estimate of drug-likeness (QED) is 0.767. The molecule has 0 fully saturated rings. The van der Waals surface area contributed by atoms with Crippen molar-refractivity contribution < 1.29 is 0 Å². The standard InChI is InChI=1S/C19H25B2NS/c1-18(2,3)19(20,21)15-12-16(14-10-8-7-9-11-14)22-13-17(15)23(4,5)6/h7-13H,1-6H3. The predicted octanol–water partition coefficient (Wildman–Crippen LogP) is 4.34. The zero-order chi connectivity index (χ0) is 17.5. The Morgan fingerprint density at radius 3 is 2.00 bits per heavy atom. The summed E-state index contributed by atoms with van der Waals surface area (Å²) in [6, 6.07) is 12.2. The predicted molar refractivity (Wildman–Crippen MR) is 106 cm³/mol. The molecule has 1 aromatic carbocycles. The van der Waals surface area contributed by atoms with Gasteiger partial charge in [0.15, 0.2) is 0 Å². The molecule has 1 heterocycles. The molecule has 0 aliphatic rings. The van der Waals surface area contributed by atoms with Crippen LogP contribution in [0.2, 0.25) is 0 Å². The lowest BCUT2D eigenvalue weighted by atomic mass is 9.41. The first-order chi connectivity index (χ1) is 10.4. The van der Waals surface area contributed by atoms with Crippen molar-refractivity contribution >= 4 is 25.7 Å². The van der Waals surface area contributed by atoms with Gasteiger partial charge in [0.2, 0.25) is 0 Å². The summed E-state index contributed by atoms with van der Waals surface area (Å²) in [5, 5.41) is -0.922. The monoisotopic (exact) mass is 321 g/mol. The Labute approximate surface area is 145 Å². The molecule has 0 amide bonds. The van der Waals surface area contributed by atoms with Crippen LogP contribution in [0.4, 0.5) is 0 Å². The summed E-state index contributed by atoms with van der Waals surface area (Å²) >= 11 is 0. The molecule has 4 radical (unpaired) electrons. The van der Waals surface area contributed by atoms with Crippen molar-refractivity contribution in [2.45, 2.75) is 30.9 Å². The molecule has 0 bridgehead atoms.